The summed E-state index contributed by atoms with van der Waals surface area (Å²) >= 11 is 1.30. The minimum absolute atomic E-state index is 0.445. The Morgan fingerprint density at radius 2 is 2.12 bits per heavy atom. The van der Waals surface area contributed by atoms with Gasteiger partial charge in [-0.25, -0.2) is 0 Å². The van der Waals surface area contributed by atoms with E-state index in [9.17, 15) is 4.79 Å². The number of hydrogen-bond donors (Lipinski definition) is 1. The molecule has 17 heavy (non-hydrogen) atoms. The minimum Gasteiger partial charge on any atom is -0.487 e. The highest BCUT2D eigenvalue weighted by Crippen LogP contribution is 2.25. The number of hydrogen-bond acceptors (Lipinski definition) is 3. The number of primary amides is 1. The fraction of sp³-hybridized carbons (Fsp3) is 0.154. The zero-order valence-corrected chi connectivity index (χ0v) is 10.3. The van der Waals surface area contributed by atoms with Gasteiger partial charge in [0.1, 0.15) is 17.2 Å². The molecule has 0 atom stereocenters. The normalized spacial score (nSPS) is 10.2. The summed E-state index contributed by atoms with van der Waals surface area (Å²) in [5.41, 5.74) is 7.52. The van der Waals surface area contributed by atoms with Crippen molar-refractivity contribution in [3.63, 3.8) is 0 Å². The van der Waals surface area contributed by atoms with Crippen LogP contribution in [0.15, 0.2) is 35.7 Å². The number of benzene rings is 1. The van der Waals surface area contributed by atoms with Crippen molar-refractivity contribution in [1.82, 2.24) is 0 Å². The van der Waals surface area contributed by atoms with Gasteiger partial charge in [-0.15, -0.1) is 11.3 Å². The molecule has 0 bridgehead atoms. The Kier molecular flexibility index (Phi) is 3.44. The van der Waals surface area contributed by atoms with Crippen molar-refractivity contribution in [2.24, 2.45) is 5.73 Å². The summed E-state index contributed by atoms with van der Waals surface area (Å²) in [6, 6.07) is 9.75. The Labute approximate surface area is 104 Å². The fourth-order valence-corrected chi connectivity index (χ4v) is 2.21. The summed E-state index contributed by atoms with van der Waals surface area (Å²) in [6.45, 7) is 2.48. The first-order chi connectivity index (χ1) is 8.18. The topological polar surface area (TPSA) is 52.3 Å². The molecule has 0 saturated heterocycles. The van der Waals surface area contributed by atoms with Crippen LogP contribution in [0.4, 0.5) is 0 Å². The molecule has 2 rings (SSSR count). The van der Waals surface area contributed by atoms with E-state index in [1.165, 1.54) is 16.9 Å². The van der Waals surface area contributed by atoms with Crippen LogP contribution >= 0.6 is 11.3 Å². The van der Waals surface area contributed by atoms with Crippen LogP contribution in [-0.2, 0) is 6.61 Å². The third-order valence-electron chi connectivity index (χ3n) is 2.50. The second-order valence-electron chi connectivity index (χ2n) is 3.69. The van der Waals surface area contributed by atoms with Crippen LogP contribution in [0, 0.1) is 6.92 Å². The highest BCUT2D eigenvalue weighted by Gasteiger charge is 2.11. The fourth-order valence-electron chi connectivity index (χ4n) is 1.52. The quantitative estimate of drug-likeness (QED) is 0.903. The molecule has 2 N–H and O–H groups in total. The van der Waals surface area contributed by atoms with Gasteiger partial charge in [-0.1, -0.05) is 24.3 Å². The average molecular weight is 247 g/mol. The second-order valence-corrected chi connectivity index (χ2v) is 4.61. The van der Waals surface area contributed by atoms with Gasteiger partial charge in [-0.05, 0) is 29.5 Å². The van der Waals surface area contributed by atoms with Crippen LogP contribution in [0.2, 0.25) is 0 Å². The SMILES string of the molecule is Cc1ccccc1COc1ccsc1C(N)=O. The van der Waals surface area contributed by atoms with E-state index in [0.29, 0.717) is 17.2 Å². The van der Waals surface area contributed by atoms with E-state index in [1.807, 2.05) is 31.2 Å². The van der Waals surface area contributed by atoms with Gasteiger partial charge in [-0.2, -0.15) is 0 Å². The summed E-state index contributed by atoms with van der Waals surface area (Å²) in [4.78, 5) is 11.6. The largest absolute Gasteiger partial charge is 0.487 e. The number of thiophene rings is 1. The maximum absolute atomic E-state index is 11.1. The summed E-state index contributed by atoms with van der Waals surface area (Å²) in [6.07, 6.45) is 0. The lowest BCUT2D eigenvalue weighted by molar-refractivity contribution is 0.100. The first-order valence-corrected chi connectivity index (χ1v) is 6.11. The number of carbonyl (C=O) groups is 1. The van der Waals surface area contributed by atoms with E-state index in [4.69, 9.17) is 10.5 Å². The smallest absolute Gasteiger partial charge is 0.262 e. The van der Waals surface area contributed by atoms with E-state index < -0.39 is 5.91 Å². The molecular formula is C13H13NO2S. The lowest BCUT2D eigenvalue weighted by Gasteiger charge is -2.08. The maximum atomic E-state index is 11.1. The van der Waals surface area contributed by atoms with E-state index in [-0.39, 0.29) is 0 Å². The standard InChI is InChI=1S/C13H13NO2S/c1-9-4-2-3-5-10(9)8-16-11-6-7-17-12(11)13(14)15/h2-7H,8H2,1H3,(H2,14,15). The number of carbonyl (C=O) groups excluding carboxylic acids is 1. The first-order valence-electron chi connectivity index (χ1n) is 5.23. The Morgan fingerprint density at radius 3 is 2.82 bits per heavy atom. The van der Waals surface area contributed by atoms with Crippen molar-refractivity contribution in [2.45, 2.75) is 13.5 Å². The van der Waals surface area contributed by atoms with E-state index in [2.05, 4.69) is 0 Å². The molecule has 4 heteroatoms. The first kappa shape index (κ1) is 11.7. The molecule has 0 aliphatic carbocycles. The van der Waals surface area contributed by atoms with Crippen LogP contribution < -0.4 is 10.5 Å². The maximum Gasteiger partial charge on any atom is 0.262 e. The third kappa shape index (κ3) is 2.65. The highest BCUT2D eigenvalue weighted by atomic mass is 32.1. The zero-order chi connectivity index (χ0) is 12.3. The zero-order valence-electron chi connectivity index (χ0n) is 9.47. The van der Waals surface area contributed by atoms with Gasteiger partial charge in [0.15, 0.2) is 0 Å². The molecule has 0 saturated carbocycles. The molecule has 0 aliphatic heterocycles. The molecule has 0 aliphatic rings. The molecule has 3 nitrogen and oxygen atoms in total. The van der Waals surface area contributed by atoms with Gasteiger partial charge in [0, 0.05) is 0 Å². The van der Waals surface area contributed by atoms with Gasteiger partial charge in [0.25, 0.3) is 5.91 Å². The van der Waals surface area contributed by atoms with E-state index in [1.54, 1.807) is 11.4 Å². The monoisotopic (exact) mass is 247 g/mol. The van der Waals surface area contributed by atoms with Gasteiger partial charge in [0.05, 0.1) is 0 Å². The van der Waals surface area contributed by atoms with Crippen LogP contribution in [0.25, 0.3) is 0 Å². The molecule has 0 spiro atoms. The van der Waals surface area contributed by atoms with Crippen LogP contribution in [0.1, 0.15) is 20.8 Å². The van der Waals surface area contributed by atoms with Crippen molar-refractivity contribution < 1.29 is 9.53 Å². The van der Waals surface area contributed by atoms with Gasteiger partial charge in [-0.3, -0.25) is 4.79 Å². The molecular weight excluding hydrogens is 234 g/mol. The number of nitrogens with two attached hydrogens (primary N) is 1. The Bertz CT molecular complexity index is 534. The second kappa shape index (κ2) is 5.01. The van der Waals surface area contributed by atoms with Crippen molar-refractivity contribution in [3.05, 3.63) is 51.7 Å². The van der Waals surface area contributed by atoms with Crippen molar-refractivity contribution in [1.29, 1.82) is 0 Å². The van der Waals surface area contributed by atoms with Crippen LogP contribution in [0.5, 0.6) is 5.75 Å². The third-order valence-corrected chi connectivity index (χ3v) is 3.41. The summed E-state index contributed by atoms with van der Waals surface area (Å²) in [7, 11) is 0. The van der Waals surface area contributed by atoms with Gasteiger partial charge >= 0.3 is 0 Å². The highest BCUT2D eigenvalue weighted by molar-refractivity contribution is 7.12. The van der Waals surface area contributed by atoms with E-state index >= 15 is 0 Å². The molecule has 0 unspecified atom stereocenters. The van der Waals surface area contributed by atoms with Crippen LogP contribution in [0.3, 0.4) is 0 Å². The number of amides is 1. The molecule has 88 valence electrons. The number of aryl methyl sites for hydroxylation is 1. The van der Waals surface area contributed by atoms with Crippen LogP contribution in [-0.4, -0.2) is 5.91 Å². The molecule has 1 aromatic heterocycles. The molecule has 1 aromatic carbocycles. The van der Waals surface area contributed by atoms with Gasteiger partial charge in [0.2, 0.25) is 0 Å². The summed E-state index contributed by atoms with van der Waals surface area (Å²) in [5.74, 6) is 0.116. The Hall–Kier alpha value is -1.81. The lowest BCUT2D eigenvalue weighted by Crippen LogP contribution is -2.10. The molecule has 1 heterocycles. The predicted octanol–water partition coefficient (Wildman–Crippen LogP) is 2.73. The van der Waals surface area contributed by atoms with E-state index in [0.717, 1.165) is 5.56 Å². The van der Waals surface area contributed by atoms with Gasteiger partial charge < -0.3 is 10.5 Å². The average Bonchev–Trinajstić information content (AvgIpc) is 2.76. The molecule has 0 fully saturated rings. The molecule has 2 aromatic rings. The predicted molar refractivity (Wildman–Crippen MR) is 68.3 cm³/mol. The van der Waals surface area contributed by atoms with Crippen molar-refractivity contribution in [2.75, 3.05) is 0 Å². The molecule has 0 radical (unpaired) electrons. The summed E-state index contributed by atoms with van der Waals surface area (Å²) < 4.78 is 5.61. The lowest BCUT2D eigenvalue weighted by atomic mass is 10.1. The number of ether oxygens (including phenoxy) is 1. The minimum atomic E-state index is -0.445. The number of rotatable bonds is 4. The van der Waals surface area contributed by atoms with Crippen molar-refractivity contribution in [3.8, 4) is 5.75 Å². The summed E-state index contributed by atoms with van der Waals surface area (Å²) in [5, 5.41) is 1.80. The van der Waals surface area contributed by atoms with Crippen molar-refractivity contribution >= 4 is 17.2 Å². The Balaban J connectivity index is 2.10. The molecule has 1 amide bonds. The Morgan fingerprint density at radius 1 is 1.35 bits per heavy atom.